The lowest BCUT2D eigenvalue weighted by molar-refractivity contribution is 0.0130. The molecule has 17 heavy (non-hydrogen) atoms. The third-order valence-electron chi connectivity index (χ3n) is 3.43. The lowest BCUT2D eigenvalue weighted by atomic mass is 9.90. The Morgan fingerprint density at radius 3 is 3.06 bits per heavy atom. The predicted molar refractivity (Wildman–Crippen MR) is 65.1 cm³/mol. The molecule has 0 amide bonds. The number of aryl methyl sites for hydroxylation is 1. The summed E-state index contributed by atoms with van der Waals surface area (Å²) in [4.78, 5) is 0. The first-order valence-electron chi connectivity index (χ1n) is 6.24. The Hall–Kier alpha value is -1.07. The molecule has 0 bridgehead atoms. The molecule has 0 aliphatic carbocycles. The Bertz CT molecular complexity index is 346. The van der Waals surface area contributed by atoms with E-state index in [0.717, 1.165) is 38.2 Å². The van der Waals surface area contributed by atoms with Gasteiger partial charge in [0.1, 0.15) is 11.3 Å². The van der Waals surface area contributed by atoms with Crippen molar-refractivity contribution in [1.82, 2.24) is 15.1 Å². The van der Waals surface area contributed by atoms with Crippen LogP contribution in [0.1, 0.15) is 31.9 Å². The van der Waals surface area contributed by atoms with Crippen molar-refractivity contribution in [3.63, 3.8) is 0 Å². The SMILES string of the molecule is CCn1ncc(OC)c1C1(O)CCCNCC1. The number of methoxy groups -OCH3 is 1. The number of aromatic nitrogens is 2. The van der Waals surface area contributed by atoms with Gasteiger partial charge in [0.15, 0.2) is 5.75 Å². The molecule has 0 aromatic carbocycles. The minimum absolute atomic E-state index is 0.691. The molecule has 5 heteroatoms. The van der Waals surface area contributed by atoms with Crippen LogP contribution in [0.5, 0.6) is 5.75 Å². The normalized spacial score (nSPS) is 25.6. The van der Waals surface area contributed by atoms with Crippen molar-refractivity contribution in [3.05, 3.63) is 11.9 Å². The monoisotopic (exact) mass is 239 g/mol. The van der Waals surface area contributed by atoms with E-state index in [9.17, 15) is 5.11 Å². The molecule has 0 radical (unpaired) electrons. The van der Waals surface area contributed by atoms with Crippen LogP contribution in [0, 0.1) is 0 Å². The summed E-state index contributed by atoms with van der Waals surface area (Å²) in [5.74, 6) is 0.691. The first-order valence-corrected chi connectivity index (χ1v) is 6.24. The maximum atomic E-state index is 10.9. The van der Waals surface area contributed by atoms with Crippen molar-refractivity contribution in [1.29, 1.82) is 0 Å². The highest BCUT2D eigenvalue weighted by Crippen LogP contribution is 2.36. The zero-order valence-corrected chi connectivity index (χ0v) is 10.6. The lowest BCUT2D eigenvalue weighted by Gasteiger charge is -2.27. The van der Waals surface area contributed by atoms with Gasteiger partial charge in [-0.05, 0) is 39.3 Å². The number of rotatable bonds is 3. The summed E-state index contributed by atoms with van der Waals surface area (Å²) in [6, 6.07) is 0. The second kappa shape index (κ2) is 5.06. The molecule has 1 aromatic heterocycles. The van der Waals surface area contributed by atoms with E-state index in [1.54, 1.807) is 13.3 Å². The molecule has 0 spiro atoms. The van der Waals surface area contributed by atoms with Crippen molar-refractivity contribution in [2.45, 2.75) is 38.3 Å². The fourth-order valence-corrected chi connectivity index (χ4v) is 2.51. The fraction of sp³-hybridized carbons (Fsp3) is 0.750. The highest BCUT2D eigenvalue weighted by Gasteiger charge is 2.36. The number of ether oxygens (including phenoxy) is 1. The van der Waals surface area contributed by atoms with Gasteiger partial charge in [-0.25, -0.2) is 0 Å². The molecule has 2 N–H and O–H groups in total. The van der Waals surface area contributed by atoms with Crippen LogP contribution in [0.25, 0.3) is 0 Å². The minimum atomic E-state index is -0.818. The zero-order chi connectivity index (χ0) is 12.3. The molecule has 5 nitrogen and oxygen atoms in total. The van der Waals surface area contributed by atoms with E-state index in [4.69, 9.17) is 4.74 Å². The fourth-order valence-electron chi connectivity index (χ4n) is 2.51. The van der Waals surface area contributed by atoms with Gasteiger partial charge in [-0.2, -0.15) is 5.10 Å². The molecule has 1 atom stereocenters. The molecule has 2 heterocycles. The van der Waals surface area contributed by atoms with E-state index in [-0.39, 0.29) is 0 Å². The van der Waals surface area contributed by atoms with Gasteiger partial charge in [-0.3, -0.25) is 4.68 Å². The Balaban J connectivity index is 2.38. The number of nitrogens with one attached hydrogen (secondary N) is 1. The maximum absolute atomic E-state index is 10.9. The van der Waals surface area contributed by atoms with E-state index >= 15 is 0 Å². The molecule has 0 saturated carbocycles. The van der Waals surface area contributed by atoms with Crippen molar-refractivity contribution in [2.24, 2.45) is 0 Å². The average Bonchev–Trinajstić information content (AvgIpc) is 2.65. The lowest BCUT2D eigenvalue weighted by Crippen LogP contribution is -2.30. The third-order valence-corrected chi connectivity index (χ3v) is 3.43. The molecular formula is C12H21N3O2. The van der Waals surface area contributed by atoms with E-state index in [1.807, 2.05) is 11.6 Å². The van der Waals surface area contributed by atoms with Gasteiger partial charge >= 0.3 is 0 Å². The number of nitrogens with zero attached hydrogens (tertiary/aromatic N) is 2. The molecule has 1 aliphatic rings. The van der Waals surface area contributed by atoms with E-state index in [0.29, 0.717) is 12.2 Å². The highest BCUT2D eigenvalue weighted by atomic mass is 16.5. The zero-order valence-electron chi connectivity index (χ0n) is 10.6. The van der Waals surface area contributed by atoms with Crippen LogP contribution in [0.2, 0.25) is 0 Å². The maximum Gasteiger partial charge on any atom is 0.162 e. The van der Waals surface area contributed by atoms with Crippen molar-refractivity contribution >= 4 is 0 Å². The first kappa shape index (κ1) is 12.4. The van der Waals surface area contributed by atoms with Gasteiger partial charge < -0.3 is 15.2 Å². The minimum Gasteiger partial charge on any atom is -0.493 e. The number of hydrogen-bond acceptors (Lipinski definition) is 4. The second-order valence-corrected chi connectivity index (χ2v) is 4.51. The van der Waals surface area contributed by atoms with Crippen LogP contribution in [0.15, 0.2) is 6.20 Å². The van der Waals surface area contributed by atoms with Gasteiger partial charge in [0, 0.05) is 6.54 Å². The predicted octanol–water partition coefficient (Wildman–Crippen LogP) is 0.873. The van der Waals surface area contributed by atoms with Crippen molar-refractivity contribution in [2.75, 3.05) is 20.2 Å². The third kappa shape index (κ3) is 2.30. The van der Waals surface area contributed by atoms with Gasteiger partial charge in [0.05, 0.1) is 13.3 Å². The Morgan fingerprint density at radius 1 is 1.53 bits per heavy atom. The van der Waals surface area contributed by atoms with Crippen LogP contribution >= 0.6 is 0 Å². The van der Waals surface area contributed by atoms with Gasteiger partial charge in [-0.1, -0.05) is 0 Å². The van der Waals surface area contributed by atoms with Crippen LogP contribution in [-0.2, 0) is 12.1 Å². The highest BCUT2D eigenvalue weighted by molar-refractivity contribution is 5.31. The summed E-state index contributed by atoms with van der Waals surface area (Å²) in [6.45, 7) is 4.56. The smallest absolute Gasteiger partial charge is 0.162 e. The molecule has 1 saturated heterocycles. The molecule has 1 aromatic rings. The molecule has 96 valence electrons. The second-order valence-electron chi connectivity index (χ2n) is 4.51. The Kier molecular flexibility index (Phi) is 3.69. The topological polar surface area (TPSA) is 59.3 Å². The van der Waals surface area contributed by atoms with Crippen LogP contribution < -0.4 is 10.1 Å². The summed E-state index contributed by atoms with van der Waals surface area (Å²) < 4.78 is 7.16. The largest absolute Gasteiger partial charge is 0.493 e. The van der Waals surface area contributed by atoms with E-state index in [1.165, 1.54) is 0 Å². The van der Waals surface area contributed by atoms with E-state index in [2.05, 4.69) is 10.4 Å². The summed E-state index contributed by atoms with van der Waals surface area (Å²) >= 11 is 0. The van der Waals surface area contributed by atoms with Gasteiger partial charge in [-0.15, -0.1) is 0 Å². The van der Waals surface area contributed by atoms with Crippen molar-refractivity contribution in [3.8, 4) is 5.75 Å². The Labute approximate surface area is 102 Å². The van der Waals surface area contributed by atoms with Crippen molar-refractivity contribution < 1.29 is 9.84 Å². The average molecular weight is 239 g/mol. The van der Waals surface area contributed by atoms with Crippen LogP contribution in [0.3, 0.4) is 0 Å². The van der Waals surface area contributed by atoms with Gasteiger partial charge in [0.25, 0.3) is 0 Å². The van der Waals surface area contributed by atoms with Gasteiger partial charge in [0.2, 0.25) is 0 Å². The molecule has 1 aliphatic heterocycles. The molecule has 1 unspecified atom stereocenters. The summed E-state index contributed by atoms with van der Waals surface area (Å²) in [5, 5.41) is 18.4. The Morgan fingerprint density at radius 2 is 2.35 bits per heavy atom. The summed E-state index contributed by atoms with van der Waals surface area (Å²) in [7, 11) is 1.62. The number of hydrogen-bond donors (Lipinski definition) is 2. The van der Waals surface area contributed by atoms with E-state index < -0.39 is 5.60 Å². The summed E-state index contributed by atoms with van der Waals surface area (Å²) in [5.41, 5.74) is 0.00708. The van der Waals surface area contributed by atoms with Crippen LogP contribution in [0.4, 0.5) is 0 Å². The molecule has 2 rings (SSSR count). The summed E-state index contributed by atoms with van der Waals surface area (Å²) in [6.07, 6.45) is 4.11. The standard InChI is InChI=1S/C12H21N3O2/c1-3-15-11(10(17-2)9-14-15)12(16)5-4-7-13-8-6-12/h9,13,16H,3-8H2,1-2H3. The molecule has 1 fully saturated rings. The number of aliphatic hydroxyl groups is 1. The van der Waals surface area contributed by atoms with Crippen LogP contribution in [-0.4, -0.2) is 35.1 Å². The molecular weight excluding hydrogens is 218 g/mol. The quantitative estimate of drug-likeness (QED) is 0.822. The first-order chi connectivity index (χ1) is 8.21.